The summed E-state index contributed by atoms with van der Waals surface area (Å²) in [5.41, 5.74) is 0.711. The number of sulfonamides is 1. The first-order chi connectivity index (χ1) is 18.0. The lowest BCUT2D eigenvalue weighted by atomic mass is 10.1. The van der Waals surface area contributed by atoms with Gasteiger partial charge in [-0.1, -0.05) is 54.9 Å². The van der Waals surface area contributed by atoms with Gasteiger partial charge < -0.3 is 10.2 Å². The highest BCUT2D eigenvalue weighted by Crippen LogP contribution is 2.25. The number of amides is 2. The van der Waals surface area contributed by atoms with Crippen LogP contribution in [0.2, 0.25) is 5.02 Å². The third-order valence-corrected chi connectivity index (χ3v) is 8.35. The Hall–Kier alpha value is -3.43. The van der Waals surface area contributed by atoms with Crippen molar-refractivity contribution >= 4 is 39.1 Å². The SMILES string of the molecule is CCC(C)NC(=O)C(C)N(Cc1ccccc1Cl)C(=O)CN(c1ccc(F)cc1)S(=O)(=O)c1ccccc1. The first-order valence-corrected chi connectivity index (χ1v) is 14.0. The fraction of sp³-hybridized carbons (Fsp3) is 0.286. The molecule has 0 radical (unpaired) electrons. The molecular formula is C28H31ClFN3O4S. The Bertz CT molecular complexity index is 1350. The van der Waals surface area contributed by atoms with Crippen LogP contribution in [0.3, 0.4) is 0 Å². The molecule has 0 heterocycles. The minimum atomic E-state index is -4.21. The zero-order chi connectivity index (χ0) is 27.9. The summed E-state index contributed by atoms with van der Waals surface area (Å²) >= 11 is 6.35. The smallest absolute Gasteiger partial charge is 0.264 e. The summed E-state index contributed by atoms with van der Waals surface area (Å²) in [5, 5.41) is 3.28. The molecule has 0 aliphatic carbocycles. The fourth-order valence-electron chi connectivity index (χ4n) is 3.71. The van der Waals surface area contributed by atoms with Crippen molar-refractivity contribution in [1.29, 1.82) is 0 Å². The Morgan fingerprint density at radius 1 is 0.947 bits per heavy atom. The van der Waals surface area contributed by atoms with Gasteiger partial charge in [0.05, 0.1) is 10.6 Å². The largest absolute Gasteiger partial charge is 0.352 e. The highest BCUT2D eigenvalue weighted by Gasteiger charge is 2.33. The van der Waals surface area contributed by atoms with Crippen LogP contribution in [0.15, 0.2) is 83.8 Å². The lowest BCUT2D eigenvalue weighted by Gasteiger charge is -2.32. The molecule has 0 bridgehead atoms. The van der Waals surface area contributed by atoms with Crippen LogP contribution in [-0.2, 0) is 26.2 Å². The number of nitrogens with one attached hydrogen (secondary N) is 1. The molecule has 1 N–H and O–H groups in total. The Morgan fingerprint density at radius 2 is 1.55 bits per heavy atom. The summed E-state index contributed by atoms with van der Waals surface area (Å²) in [6.07, 6.45) is 0.699. The number of hydrogen-bond acceptors (Lipinski definition) is 4. The van der Waals surface area contributed by atoms with Crippen LogP contribution in [-0.4, -0.2) is 43.8 Å². The molecule has 0 aliphatic rings. The van der Waals surface area contributed by atoms with E-state index in [1.54, 1.807) is 49.4 Å². The maximum Gasteiger partial charge on any atom is 0.264 e. The van der Waals surface area contributed by atoms with Gasteiger partial charge in [-0.15, -0.1) is 0 Å². The standard InChI is InChI=1S/C28H31ClFN3O4S/c1-4-20(2)31-28(35)21(3)32(18-22-10-8-9-13-26(22)29)27(34)19-33(24-16-14-23(30)15-17-24)38(36,37)25-11-6-5-7-12-25/h5-17,20-21H,4,18-19H2,1-3H3,(H,31,35). The van der Waals surface area contributed by atoms with E-state index in [4.69, 9.17) is 11.6 Å². The van der Waals surface area contributed by atoms with Gasteiger partial charge in [-0.2, -0.15) is 0 Å². The second-order valence-electron chi connectivity index (χ2n) is 8.91. The van der Waals surface area contributed by atoms with E-state index >= 15 is 0 Å². The van der Waals surface area contributed by atoms with E-state index in [2.05, 4.69) is 5.32 Å². The van der Waals surface area contributed by atoms with Gasteiger partial charge in [-0.25, -0.2) is 12.8 Å². The van der Waals surface area contributed by atoms with Gasteiger partial charge in [0.1, 0.15) is 18.4 Å². The Balaban J connectivity index is 2.02. The monoisotopic (exact) mass is 559 g/mol. The summed E-state index contributed by atoms with van der Waals surface area (Å²) in [6.45, 7) is 4.73. The second kappa shape index (κ2) is 12.9. The lowest BCUT2D eigenvalue weighted by Crippen LogP contribution is -2.52. The third kappa shape index (κ3) is 7.11. The van der Waals surface area contributed by atoms with Gasteiger partial charge in [0.25, 0.3) is 10.0 Å². The molecule has 2 atom stereocenters. The maximum absolute atomic E-state index is 13.8. The van der Waals surface area contributed by atoms with Crippen molar-refractivity contribution in [2.45, 2.75) is 50.7 Å². The first-order valence-electron chi connectivity index (χ1n) is 12.2. The molecule has 0 aliphatic heterocycles. The quantitative estimate of drug-likeness (QED) is 0.358. The molecule has 0 saturated heterocycles. The van der Waals surface area contributed by atoms with E-state index in [9.17, 15) is 22.4 Å². The number of hydrogen-bond donors (Lipinski definition) is 1. The predicted octanol–water partition coefficient (Wildman–Crippen LogP) is 5.01. The van der Waals surface area contributed by atoms with Gasteiger partial charge in [-0.3, -0.25) is 13.9 Å². The molecule has 0 spiro atoms. The van der Waals surface area contributed by atoms with Crippen molar-refractivity contribution in [3.8, 4) is 0 Å². The number of carbonyl (C=O) groups excluding carboxylic acids is 2. The average Bonchev–Trinajstić information content (AvgIpc) is 2.91. The molecule has 3 aromatic carbocycles. The first kappa shape index (κ1) is 29.1. The third-order valence-electron chi connectivity index (χ3n) is 6.19. The molecule has 38 heavy (non-hydrogen) atoms. The molecule has 0 fully saturated rings. The molecule has 2 unspecified atom stereocenters. The number of rotatable bonds is 11. The van der Waals surface area contributed by atoms with Crippen molar-refractivity contribution in [2.24, 2.45) is 0 Å². The van der Waals surface area contributed by atoms with E-state index in [-0.39, 0.29) is 29.1 Å². The topological polar surface area (TPSA) is 86.8 Å². The summed E-state index contributed by atoms with van der Waals surface area (Å²) < 4.78 is 41.9. The molecule has 202 valence electrons. The maximum atomic E-state index is 13.8. The zero-order valence-electron chi connectivity index (χ0n) is 21.5. The number of anilines is 1. The Labute approximate surface area is 228 Å². The summed E-state index contributed by atoms with van der Waals surface area (Å²) in [6, 6.07) is 18.4. The molecule has 10 heteroatoms. The second-order valence-corrected chi connectivity index (χ2v) is 11.2. The van der Waals surface area contributed by atoms with Crippen LogP contribution in [0.25, 0.3) is 0 Å². The molecule has 7 nitrogen and oxygen atoms in total. The van der Waals surface area contributed by atoms with Gasteiger partial charge in [-0.05, 0) is 68.3 Å². The van der Waals surface area contributed by atoms with E-state index in [0.717, 1.165) is 16.4 Å². The van der Waals surface area contributed by atoms with Gasteiger partial charge in [0.2, 0.25) is 11.8 Å². The Morgan fingerprint density at radius 3 is 2.16 bits per heavy atom. The predicted molar refractivity (Wildman–Crippen MR) is 147 cm³/mol. The van der Waals surface area contributed by atoms with Gasteiger partial charge >= 0.3 is 0 Å². The van der Waals surface area contributed by atoms with Crippen LogP contribution in [0.5, 0.6) is 0 Å². The summed E-state index contributed by atoms with van der Waals surface area (Å²) in [7, 11) is -4.21. The van der Waals surface area contributed by atoms with Crippen molar-refractivity contribution < 1.29 is 22.4 Å². The number of carbonyl (C=O) groups is 2. The highest BCUT2D eigenvalue weighted by atomic mass is 35.5. The van der Waals surface area contributed by atoms with E-state index in [0.29, 0.717) is 17.0 Å². The van der Waals surface area contributed by atoms with Crippen molar-refractivity contribution in [3.05, 3.63) is 95.3 Å². The molecule has 0 aromatic heterocycles. The summed E-state index contributed by atoms with van der Waals surface area (Å²) in [4.78, 5) is 28.1. The molecule has 0 saturated carbocycles. The molecular weight excluding hydrogens is 529 g/mol. The minimum Gasteiger partial charge on any atom is -0.352 e. The van der Waals surface area contributed by atoms with Crippen LogP contribution in [0.4, 0.5) is 10.1 Å². The Kier molecular flexibility index (Phi) is 9.88. The van der Waals surface area contributed by atoms with Gasteiger partial charge in [0.15, 0.2) is 0 Å². The molecule has 3 aromatic rings. The molecule has 2 amide bonds. The van der Waals surface area contributed by atoms with Gasteiger partial charge in [0, 0.05) is 17.6 Å². The van der Waals surface area contributed by atoms with Crippen molar-refractivity contribution in [3.63, 3.8) is 0 Å². The van der Waals surface area contributed by atoms with Crippen molar-refractivity contribution in [1.82, 2.24) is 10.2 Å². The fourth-order valence-corrected chi connectivity index (χ4v) is 5.34. The van der Waals surface area contributed by atoms with Crippen LogP contribution >= 0.6 is 11.6 Å². The van der Waals surface area contributed by atoms with Crippen molar-refractivity contribution in [2.75, 3.05) is 10.8 Å². The number of halogens is 2. The minimum absolute atomic E-state index is 0.0176. The lowest BCUT2D eigenvalue weighted by molar-refractivity contribution is -0.139. The summed E-state index contributed by atoms with van der Waals surface area (Å²) in [5.74, 6) is -1.55. The number of nitrogens with zero attached hydrogens (tertiary/aromatic N) is 2. The van der Waals surface area contributed by atoms with E-state index < -0.39 is 34.3 Å². The van der Waals surface area contributed by atoms with Crippen LogP contribution in [0, 0.1) is 5.82 Å². The van der Waals surface area contributed by atoms with Crippen LogP contribution < -0.4 is 9.62 Å². The normalized spacial score (nSPS) is 12.9. The van der Waals surface area contributed by atoms with Crippen LogP contribution in [0.1, 0.15) is 32.8 Å². The van der Waals surface area contributed by atoms with E-state index in [1.165, 1.54) is 29.2 Å². The molecule has 3 rings (SSSR count). The zero-order valence-corrected chi connectivity index (χ0v) is 23.0. The average molecular weight is 560 g/mol. The highest BCUT2D eigenvalue weighted by molar-refractivity contribution is 7.92. The van der Waals surface area contributed by atoms with E-state index in [1.807, 2.05) is 13.8 Å². The number of benzene rings is 3.